The van der Waals surface area contributed by atoms with Gasteiger partial charge in [0, 0.05) is 25.2 Å². The van der Waals surface area contributed by atoms with Gasteiger partial charge in [-0.1, -0.05) is 0 Å². The van der Waals surface area contributed by atoms with Gasteiger partial charge in [0.2, 0.25) is 0 Å². The summed E-state index contributed by atoms with van der Waals surface area (Å²) in [6.07, 6.45) is 0. The Kier molecular flexibility index (Phi) is 4.86. The molecule has 0 bridgehead atoms. The van der Waals surface area contributed by atoms with Gasteiger partial charge in [0.05, 0.1) is 0 Å². The first-order valence-electron chi connectivity index (χ1n) is 5.37. The summed E-state index contributed by atoms with van der Waals surface area (Å²) in [6, 6.07) is 3.69. The number of furan rings is 1. The number of hydrogen-bond donors (Lipinski definition) is 1. The molecule has 2 atom stereocenters. The van der Waals surface area contributed by atoms with Crippen LogP contribution in [0.1, 0.15) is 24.4 Å². The highest BCUT2D eigenvalue weighted by Gasteiger charge is 2.28. The summed E-state index contributed by atoms with van der Waals surface area (Å²) in [7, 11) is 0. The summed E-state index contributed by atoms with van der Waals surface area (Å²) in [5.74, 6) is 0.221. The van der Waals surface area contributed by atoms with Gasteiger partial charge >= 0.3 is 0 Å². The number of nitrogens with zero attached hydrogens (tertiary/aromatic N) is 1. The average Bonchev–Trinajstić information content (AvgIpc) is 2.67. The van der Waals surface area contributed by atoms with Gasteiger partial charge in [0.1, 0.15) is 0 Å². The van der Waals surface area contributed by atoms with Crippen LogP contribution in [0.2, 0.25) is 5.22 Å². The third-order valence-electron chi connectivity index (χ3n) is 2.81. The summed E-state index contributed by atoms with van der Waals surface area (Å²) in [6.45, 7) is 5.57. The number of carbonyl (C=O) groups excluding carboxylic acids is 1. The summed E-state index contributed by atoms with van der Waals surface area (Å²) >= 11 is 5.66. The van der Waals surface area contributed by atoms with E-state index in [1.54, 1.807) is 12.1 Å². The van der Waals surface area contributed by atoms with Gasteiger partial charge in [-0.25, -0.2) is 0 Å². The standard InChI is InChI=1S/C11H15ClN2O2.ClH/c1-7-6-14(8(2)5-13-7)11(15)9-3-4-10(12)16-9;/h3-4,7-8,13H,5-6H2,1-2H3;1H. The van der Waals surface area contributed by atoms with Crippen molar-refractivity contribution in [3.05, 3.63) is 23.1 Å². The second-order valence-electron chi connectivity index (χ2n) is 4.22. The Labute approximate surface area is 112 Å². The Balaban J connectivity index is 0.00000144. The van der Waals surface area contributed by atoms with Crippen molar-refractivity contribution in [2.75, 3.05) is 13.1 Å². The Bertz CT molecular complexity index is 395. The second kappa shape index (κ2) is 5.76. The number of piperazine rings is 1. The minimum atomic E-state index is -0.0900. The lowest BCUT2D eigenvalue weighted by Crippen LogP contribution is -2.56. The summed E-state index contributed by atoms with van der Waals surface area (Å²) < 4.78 is 5.14. The molecule has 0 spiro atoms. The van der Waals surface area contributed by atoms with E-state index in [-0.39, 0.29) is 29.6 Å². The van der Waals surface area contributed by atoms with E-state index in [2.05, 4.69) is 12.2 Å². The van der Waals surface area contributed by atoms with Crippen molar-refractivity contribution < 1.29 is 9.21 Å². The quantitative estimate of drug-likeness (QED) is 0.857. The molecule has 17 heavy (non-hydrogen) atoms. The van der Waals surface area contributed by atoms with Crippen molar-refractivity contribution in [2.45, 2.75) is 25.9 Å². The number of amides is 1. The zero-order chi connectivity index (χ0) is 11.7. The fourth-order valence-corrected chi connectivity index (χ4v) is 2.02. The molecule has 0 aromatic carbocycles. The van der Waals surface area contributed by atoms with Gasteiger partial charge in [0.15, 0.2) is 11.0 Å². The summed E-state index contributed by atoms with van der Waals surface area (Å²) in [5, 5.41) is 3.57. The van der Waals surface area contributed by atoms with E-state index in [1.165, 1.54) is 0 Å². The molecule has 1 fully saturated rings. The van der Waals surface area contributed by atoms with E-state index >= 15 is 0 Å². The first kappa shape index (κ1) is 14.4. The molecule has 6 heteroatoms. The zero-order valence-electron chi connectivity index (χ0n) is 9.77. The predicted octanol–water partition coefficient (Wildman–Crippen LogP) is 2.18. The van der Waals surface area contributed by atoms with Crippen LogP contribution < -0.4 is 5.32 Å². The first-order chi connectivity index (χ1) is 7.58. The van der Waals surface area contributed by atoms with E-state index in [9.17, 15) is 4.79 Å². The van der Waals surface area contributed by atoms with Gasteiger partial charge in [-0.15, -0.1) is 12.4 Å². The summed E-state index contributed by atoms with van der Waals surface area (Å²) in [5.41, 5.74) is 0. The molecule has 2 rings (SSSR count). The van der Waals surface area contributed by atoms with Gasteiger partial charge in [0.25, 0.3) is 5.91 Å². The topological polar surface area (TPSA) is 45.5 Å². The predicted molar refractivity (Wildman–Crippen MR) is 68.9 cm³/mol. The van der Waals surface area contributed by atoms with Gasteiger partial charge in [-0.2, -0.15) is 0 Å². The molecule has 0 saturated carbocycles. The lowest BCUT2D eigenvalue weighted by atomic mass is 10.1. The van der Waals surface area contributed by atoms with Gasteiger partial charge in [-0.3, -0.25) is 4.79 Å². The number of halogens is 2. The molecule has 96 valence electrons. The third-order valence-corrected chi connectivity index (χ3v) is 3.01. The molecule has 1 amide bonds. The largest absolute Gasteiger partial charge is 0.440 e. The lowest BCUT2D eigenvalue weighted by molar-refractivity contribution is 0.0584. The maximum atomic E-state index is 12.1. The Morgan fingerprint density at radius 1 is 1.53 bits per heavy atom. The molecule has 1 N–H and O–H groups in total. The van der Waals surface area contributed by atoms with Crippen molar-refractivity contribution in [3.63, 3.8) is 0 Å². The van der Waals surface area contributed by atoms with Crippen LogP contribution in [-0.4, -0.2) is 36.0 Å². The van der Waals surface area contributed by atoms with Crippen LogP contribution in [0.4, 0.5) is 0 Å². The van der Waals surface area contributed by atoms with E-state index in [4.69, 9.17) is 16.0 Å². The fraction of sp³-hybridized carbons (Fsp3) is 0.545. The highest BCUT2D eigenvalue weighted by atomic mass is 35.5. The van der Waals surface area contributed by atoms with Crippen LogP contribution in [0.15, 0.2) is 16.5 Å². The van der Waals surface area contributed by atoms with Crippen LogP contribution in [-0.2, 0) is 0 Å². The number of hydrogen-bond acceptors (Lipinski definition) is 3. The Morgan fingerprint density at radius 2 is 2.24 bits per heavy atom. The van der Waals surface area contributed by atoms with Crippen LogP contribution in [0.3, 0.4) is 0 Å². The fourth-order valence-electron chi connectivity index (χ4n) is 1.88. The monoisotopic (exact) mass is 278 g/mol. The van der Waals surface area contributed by atoms with E-state index in [0.29, 0.717) is 18.3 Å². The van der Waals surface area contributed by atoms with Gasteiger partial charge in [-0.05, 0) is 37.6 Å². The molecule has 1 saturated heterocycles. The zero-order valence-corrected chi connectivity index (χ0v) is 11.3. The Morgan fingerprint density at radius 3 is 2.82 bits per heavy atom. The Hall–Kier alpha value is -0.710. The third kappa shape index (κ3) is 3.15. The van der Waals surface area contributed by atoms with Crippen molar-refractivity contribution in [1.82, 2.24) is 10.2 Å². The maximum absolute atomic E-state index is 12.1. The van der Waals surface area contributed by atoms with E-state index < -0.39 is 0 Å². The molecule has 1 aliphatic heterocycles. The molecule has 1 aliphatic rings. The molecule has 4 nitrogen and oxygen atoms in total. The van der Waals surface area contributed by atoms with Crippen molar-refractivity contribution in [1.29, 1.82) is 0 Å². The first-order valence-corrected chi connectivity index (χ1v) is 5.75. The van der Waals surface area contributed by atoms with Crippen LogP contribution in [0.5, 0.6) is 0 Å². The molecular weight excluding hydrogens is 263 g/mol. The van der Waals surface area contributed by atoms with Crippen LogP contribution in [0, 0.1) is 0 Å². The molecule has 0 aliphatic carbocycles. The van der Waals surface area contributed by atoms with Crippen LogP contribution in [0.25, 0.3) is 0 Å². The van der Waals surface area contributed by atoms with Crippen LogP contribution >= 0.6 is 24.0 Å². The number of nitrogens with one attached hydrogen (secondary N) is 1. The van der Waals surface area contributed by atoms with E-state index in [1.807, 2.05) is 11.8 Å². The smallest absolute Gasteiger partial charge is 0.289 e. The minimum Gasteiger partial charge on any atom is -0.440 e. The molecule has 0 radical (unpaired) electrons. The highest BCUT2D eigenvalue weighted by molar-refractivity contribution is 6.29. The van der Waals surface area contributed by atoms with Crippen molar-refractivity contribution >= 4 is 29.9 Å². The highest BCUT2D eigenvalue weighted by Crippen LogP contribution is 2.17. The van der Waals surface area contributed by atoms with Crippen molar-refractivity contribution in [3.8, 4) is 0 Å². The lowest BCUT2D eigenvalue weighted by Gasteiger charge is -2.37. The molecule has 1 aromatic heterocycles. The second-order valence-corrected chi connectivity index (χ2v) is 4.59. The van der Waals surface area contributed by atoms with Crippen molar-refractivity contribution in [2.24, 2.45) is 0 Å². The number of carbonyl (C=O) groups is 1. The van der Waals surface area contributed by atoms with E-state index in [0.717, 1.165) is 6.54 Å². The summed E-state index contributed by atoms with van der Waals surface area (Å²) in [4.78, 5) is 13.9. The number of rotatable bonds is 1. The molecular formula is C11H16Cl2N2O2. The maximum Gasteiger partial charge on any atom is 0.289 e. The SMILES string of the molecule is CC1CN(C(=O)c2ccc(Cl)o2)C(C)CN1.Cl. The van der Waals surface area contributed by atoms with Gasteiger partial charge < -0.3 is 14.6 Å². The normalized spacial score (nSPS) is 24.3. The molecule has 2 heterocycles. The minimum absolute atomic E-state index is 0. The molecule has 1 aromatic rings. The molecule has 2 unspecified atom stereocenters. The average molecular weight is 279 g/mol.